The fourth-order valence-electron chi connectivity index (χ4n) is 1.69. The van der Waals surface area contributed by atoms with Gasteiger partial charge in [0.2, 0.25) is 0 Å². The fourth-order valence-corrected chi connectivity index (χ4v) is 1.95. The van der Waals surface area contributed by atoms with Crippen molar-refractivity contribution in [2.45, 2.75) is 6.04 Å². The van der Waals surface area contributed by atoms with Crippen LogP contribution in [0.2, 0.25) is 0 Å². The summed E-state index contributed by atoms with van der Waals surface area (Å²) in [5.74, 6) is 1.61. The van der Waals surface area contributed by atoms with Crippen molar-refractivity contribution in [1.82, 2.24) is 0 Å². The van der Waals surface area contributed by atoms with Gasteiger partial charge in [-0.3, -0.25) is 0 Å². The molecule has 0 saturated heterocycles. The summed E-state index contributed by atoms with van der Waals surface area (Å²) in [4.78, 5) is 0. The Morgan fingerprint density at radius 3 is 2.53 bits per heavy atom. The first-order valence-corrected chi connectivity index (χ1v) is 6.76. The van der Waals surface area contributed by atoms with Crippen LogP contribution in [0.15, 0.2) is 53.0 Å². The minimum atomic E-state index is -0.182. The van der Waals surface area contributed by atoms with Crippen LogP contribution in [0.25, 0.3) is 0 Å². The van der Waals surface area contributed by atoms with Gasteiger partial charge in [-0.15, -0.1) is 0 Å². The molecule has 0 heterocycles. The van der Waals surface area contributed by atoms with Gasteiger partial charge in [0.1, 0.15) is 18.1 Å². The average molecular weight is 322 g/mol. The molecule has 4 heteroatoms. The quantitative estimate of drug-likeness (QED) is 0.916. The van der Waals surface area contributed by atoms with Gasteiger partial charge < -0.3 is 15.2 Å². The molecule has 100 valence electrons. The second kappa shape index (κ2) is 6.59. The number of ether oxygens (including phenoxy) is 2. The van der Waals surface area contributed by atoms with Crippen LogP contribution in [0.4, 0.5) is 0 Å². The van der Waals surface area contributed by atoms with E-state index in [1.807, 2.05) is 48.5 Å². The molecule has 3 nitrogen and oxygen atoms in total. The fraction of sp³-hybridized carbons (Fsp3) is 0.200. The smallest absolute Gasteiger partial charge is 0.119 e. The standard InChI is InChI=1S/C15H16BrNO2/c1-18-14-4-2-3-11(9-14)15(17)10-19-13-7-5-12(16)6-8-13/h2-9,15H,10,17H2,1H3. The largest absolute Gasteiger partial charge is 0.497 e. The Kier molecular flexibility index (Phi) is 4.82. The number of benzene rings is 2. The number of hydrogen-bond acceptors (Lipinski definition) is 3. The van der Waals surface area contributed by atoms with Crippen LogP contribution in [0, 0.1) is 0 Å². The van der Waals surface area contributed by atoms with Crippen molar-refractivity contribution >= 4 is 15.9 Å². The lowest BCUT2D eigenvalue weighted by Gasteiger charge is -2.14. The number of nitrogens with two attached hydrogens (primary N) is 1. The molecule has 0 saturated carbocycles. The van der Waals surface area contributed by atoms with Gasteiger partial charge in [-0.05, 0) is 42.0 Å². The van der Waals surface area contributed by atoms with E-state index in [0.717, 1.165) is 21.5 Å². The van der Waals surface area contributed by atoms with Gasteiger partial charge in [0.05, 0.1) is 13.2 Å². The molecule has 2 aromatic rings. The number of methoxy groups -OCH3 is 1. The minimum absolute atomic E-state index is 0.182. The van der Waals surface area contributed by atoms with E-state index in [9.17, 15) is 0 Å². The Labute approximate surface area is 121 Å². The van der Waals surface area contributed by atoms with E-state index in [-0.39, 0.29) is 6.04 Å². The lowest BCUT2D eigenvalue weighted by molar-refractivity contribution is 0.290. The Balaban J connectivity index is 1.96. The molecule has 2 aromatic carbocycles. The Hall–Kier alpha value is -1.52. The molecule has 0 aliphatic rings. The van der Waals surface area contributed by atoms with Gasteiger partial charge in [-0.25, -0.2) is 0 Å². The summed E-state index contributed by atoms with van der Waals surface area (Å²) >= 11 is 3.38. The van der Waals surface area contributed by atoms with E-state index in [2.05, 4.69) is 15.9 Å². The van der Waals surface area contributed by atoms with Crippen LogP contribution < -0.4 is 15.2 Å². The Morgan fingerprint density at radius 2 is 1.84 bits per heavy atom. The van der Waals surface area contributed by atoms with Gasteiger partial charge in [0, 0.05) is 4.47 Å². The van der Waals surface area contributed by atoms with E-state index in [1.165, 1.54) is 0 Å². The molecule has 0 bridgehead atoms. The first kappa shape index (κ1) is 13.9. The molecule has 0 amide bonds. The Bertz CT molecular complexity index is 528. The summed E-state index contributed by atoms with van der Waals surface area (Å²) in [6, 6.07) is 15.2. The minimum Gasteiger partial charge on any atom is -0.497 e. The van der Waals surface area contributed by atoms with Gasteiger partial charge >= 0.3 is 0 Å². The van der Waals surface area contributed by atoms with Gasteiger partial charge in [0.25, 0.3) is 0 Å². The van der Waals surface area contributed by atoms with E-state index >= 15 is 0 Å². The van der Waals surface area contributed by atoms with Crippen molar-refractivity contribution in [1.29, 1.82) is 0 Å². The van der Waals surface area contributed by atoms with Crippen molar-refractivity contribution in [3.63, 3.8) is 0 Å². The molecule has 0 spiro atoms. The average Bonchev–Trinajstić information content (AvgIpc) is 2.46. The zero-order chi connectivity index (χ0) is 13.7. The lowest BCUT2D eigenvalue weighted by Crippen LogP contribution is -2.19. The van der Waals surface area contributed by atoms with E-state index in [0.29, 0.717) is 6.61 Å². The molecule has 19 heavy (non-hydrogen) atoms. The van der Waals surface area contributed by atoms with Crippen molar-refractivity contribution in [2.75, 3.05) is 13.7 Å². The second-order valence-electron chi connectivity index (χ2n) is 4.15. The number of hydrogen-bond donors (Lipinski definition) is 1. The van der Waals surface area contributed by atoms with Crippen LogP contribution in [0.1, 0.15) is 11.6 Å². The first-order chi connectivity index (χ1) is 9.19. The van der Waals surface area contributed by atoms with Crippen LogP contribution in [0.5, 0.6) is 11.5 Å². The maximum absolute atomic E-state index is 6.11. The van der Waals surface area contributed by atoms with Gasteiger partial charge in [-0.1, -0.05) is 28.1 Å². The summed E-state index contributed by atoms with van der Waals surface area (Å²) < 4.78 is 11.9. The normalized spacial score (nSPS) is 11.9. The SMILES string of the molecule is COc1cccc(C(N)COc2ccc(Br)cc2)c1. The summed E-state index contributed by atoms with van der Waals surface area (Å²) in [6.07, 6.45) is 0. The highest BCUT2D eigenvalue weighted by molar-refractivity contribution is 9.10. The Morgan fingerprint density at radius 1 is 1.11 bits per heavy atom. The third-order valence-corrected chi connectivity index (χ3v) is 3.29. The van der Waals surface area contributed by atoms with Gasteiger partial charge in [0.15, 0.2) is 0 Å². The first-order valence-electron chi connectivity index (χ1n) is 5.97. The topological polar surface area (TPSA) is 44.5 Å². The van der Waals surface area contributed by atoms with Crippen molar-refractivity contribution < 1.29 is 9.47 Å². The van der Waals surface area contributed by atoms with Crippen LogP contribution in [-0.4, -0.2) is 13.7 Å². The third kappa shape index (κ3) is 3.98. The highest BCUT2D eigenvalue weighted by atomic mass is 79.9. The van der Waals surface area contributed by atoms with Crippen molar-refractivity contribution in [2.24, 2.45) is 5.73 Å². The van der Waals surface area contributed by atoms with Crippen molar-refractivity contribution in [3.8, 4) is 11.5 Å². The van der Waals surface area contributed by atoms with Crippen LogP contribution >= 0.6 is 15.9 Å². The lowest BCUT2D eigenvalue weighted by atomic mass is 10.1. The van der Waals surface area contributed by atoms with Crippen LogP contribution in [0.3, 0.4) is 0 Å². The summed E-state index contributed by atoms with van der Waals surface area (Å²) in [5, 5.41) is 0. The molecule has 0 aliphatic heterocycles. The molecule has 1 unspecified atom stereocenters. The predicted octanol–water partition coefficient (Wildman–Crippen LogP) is 3.54. The molecule has 2 N–H and O–H groups in total. The summed E-state index contributed by atoms with van der Waals surface area (Å²) in [7, 11) is 1.64. The molecule has 2 rings (SSSR count). The van der Waals surface area contributed by atoms with E-state index in [1.54, 1.807) is 7.11 Å². The zero-order valence-corrected chi connectivity index (χ0v) is 12.3. The highest BCUT2D eigenvalue weighted by Crippen LogP contribution is 2.20. The second-order valence-corrected chi connectivity index (χ2v) is 5.06. The summed E-state index contributed by atoms with van der Waals surface area (Å²) in [5.41, 5.74) is 7.10. The van der Waals surface area contributed by atoms with E-state index in [4.69, 9.17) is 15.2 Å². The monoisotopic (exact) mass is 321 g/mol. The highest BCUT2D eigenvalue weighted by Gasteiger charge is 2.08. The summed E-state index contributed by atoms with van der Waals surface area (Å²) in [6.45, 7) is 0.425. The molecular formula is C15H16BrNO2. The molecule has 0 radical (unpaired) electrons. The number of halogens is 1. The molecule has 0 aliphatic carbocycles. The molecule has 1 atom stereocenters. The third-order valence-electron chi connectivity index (χ3n) is 2.77. The molecule has 0 fully saturated rings. The number of rotatable bonds is 5. The van der Waals surface area contributed by atoms with Gasteiger partial charge in [-0.2, -0.15) is 0 Å². The maximum atomic E-state index is 6.11. The zero-order valence-electron chi connectivity index (χ0n) is 10.7. The maximum Gasteiger partial charge on any atom is 0.119 e. The van der Waals surface area contributed by atoms with E-state index < -0.39 is 0 Å². The predicted molar refractivity (Wildman–Crippen MR) is 79.6 cm³/mol. The molecular weight excluding hydrogens is 306 g/mol. The van der Waals surface area contributed by atoms with Crippen LogP contribution in [-0.2, 0) is 0 Å². The molecule has 0 aromatic heterocycles. The van der Waals surface area contributed by atoms with Crippen molar-refractivity contribution in [3.05, 3.63) is 58.6 Å².